The summed E-state index contributed by atoms with van der Waals surface area (Å²) in [5, 5.41) is 10.2. The van der Waals surface area contributed by atoms with Crippen LogP contribution < -0.4 is 16.0 Å². The Balaban J connectivity index is 1.63. The number of halogens is 3. The Labute approximate surface area is 163 Å². The molecule has 1 aliphatic heterocycles. The number of carbonyl (C=O) groups is 1. The first kappa shape index (κ1) is 19.2. The van der Waals surface area contributed by atoms with Gasteiger partial charge in [0.1, 0.15) is 17.6 Å². The van der Waals surface area contributed by atoms with Gasteiger partial charge < -0.3 is 16.0 Å². The second-order valence-electron chi connectivity index (χ2n) is 6.97. The topological polar surface area (TPSA) is 106 Å². The average molecular weight is 408 g/mol. The minimum Gasteiger partial charge on any atom is -0.352 e. The molecule has 9 nitrogen and oxygen atoms in total. The molecule has 4 heterocycles. The molecule has 0 aliphatic carbocycles. The predicted octanol–water partition coefficient (Wildman–Crippen LogP) is 1.53. The summed E-state index contributed by atoms with van der Waals surface area (Å²) in [5.74, 6) is -0.197. The van der Waals surface area contributed by atoms with Crippen LogP contribution in [0.1, 0.15) is 28.9 Å². The molecule has 1 saturated heterocycles. The zero-order valence-corrected chi connectivity index (χ0v) is 15.5. The van der Waals surface area contributed by atoms with E-state index in [1.165, 1.54) is 28.6 Å². The SMILES string of the molecule is Cn1cc(NC(=O)c2cnn3ccc(N4C[C@@H](N)C[C@H](F)C4)nc23)c(C(F)F)n1. The normalized spacial score (nSPS) is 19.9. The molecule has 0 aromatic carbocycles. The van der Waals surface area contributed by atoms with Gasteiger partial charge >= 0.3 is 0 Å². The molecule has 4 rings (SSSR count). The maximum atomic E-state index is 13.9. The van der Waals surface area contributed by atoms with E-state index in [0.717, 1.165) is 0 Å². The van der Waals surface area contributed by atoms with Crippen LogP contribution in [-0.4, -0.2) is 55.6 Å². The number of rotatable bonds is 4. The van der Waals surface area contributed by atoms with Crippen molar-refractivity contribution in [2.24, 2.45) is 12.8 Å². The number of nitrogens with two attached hydrogens (primary N) is 1. The number of nitrogens with zero attached hydrogens (tertiary/aromatic N) is 6. The lowest BCUT2D eigenvalue weighted by molar-refractivity contribution is 0.102. The van der Waals surface area contributed by atoms with E-state index >= 15 is 0 Å². The zero-order valence-electron chi connectivity index (χ0n) is 15.5. The minimum absolute atomic E-state index is 0.0917. The first-order valence-corrected chi connectivity index (χ1v) is 8.94. The van der Waals surface area contributed by atoms with Gasteiger partial charge in [-0.05, 0) is 12.5 Å². The number of aromatic nitrogens is 5. The summed E-state index contributed by atoms with van der Waals surface area (Å²) in [6.45, 7) is 0.590. The number of fused-ring (bicyclic) bond motifs is 1. The number of piperidine rings is 1. The molecular formula is C17H19F3N8O. The highest BCUT2D eigenvalue weighted by Crippen LogP contribution is 2.26. The van der Waals surface area contributed by atoms with Gasteiger partial charge in [-0.15, -0.1) is 0 Å². The zero-order chi connectivity index (χ0) is 20.7. The summed E-state index contributed by atoms with van der Waals surface area (Å²) in [7, 11) is 1.48. The summed E-state index contributed by atoms with van der Waals surface area (Å²) >= 11 is 0. The van der Waals surface area contributed by atoms with Gasteiger partial charge in [-0.3, -0.25) is 9.48 Å². The number of nitrogens with one attached hydrogen (secondary N) is 1. The quantitative estimate of drug-likeness (QED) is 0.678. The Morgan fingerprint density at radius 2 is 2.17 bits per heavy atom. The highest BCUT2D eigenvalue weighted by atomic mass is 19.3. The lowest BCUT2D eigenvalue weighted by atomic mass is 10.1. The molecule has 0 bridgehead atoms. The first-order chi connectivity index (χ1) is 13.8. The monoisotopic (exact) mass is 408 g/mol. The third kappa shape index (κ3) is 3.75. The van der Waals surface area contributed by atoms with Crippen LogP contribution in [0.15, 0.2) is 24.7 Å². The molecule has 12 heteroatoms. The predicted molar refractivity (Wildman–Crippen MR) is 98.8 cm³/mol. The second kappa shape index (κ2) is 7.35. The van der Waals surface area contributed by atoms with E-state index in [4.69, 9.17) is 5.73 Å². The standard InChI is InChI=1S/C17H19F3N8O/c1-26-8-12(14(25-26)15(19)20)23-17(29)11-5-22-28-3-2-13(24-16(11)28)27-6-9(18)4-10(21)7-27/h2-3,5,8-10,15H,4,6-7,21H2,1H3,(H,23,29)/t9-,10-/m0/s1. The van der Waals surface area contributed by atoms with Gasteiger partial charge in [-0.25, -0.2) is 22.7 Å². The third-order valence-electron chi connectivity index (χ3n) is 4.67. The molecule has 3 N–H and O–H groups in total. The van der Waals surface area contributed by atoms with Crippen LogP contribution in [0, 0.1) is 0 Å². The Morgan fingerprint density at radius 1 is 1.38 bits per heavy atom. The number of aryl methyl sites for hydroxylation is 1. The summed E-state index contributed by atoms with van der Waals surface area (Å²) in [5.41, 5.74) is 5.58. The van der Waals surface area contributed by atoms with Crippen molar-refractivity contribution in [2.45, 2.75) is 25.1 Å². The molecule has 0 spiro atoms. The lowest BCUT2D eigenvalue weighted by Gasteiger charge is -2.33. The van der Waals surface area contributed by atoms with Crippen molar-refractivity contribution in [3.63, 3.8) is 0 Å². The summed E-state index contributed by atoms with van der Waals surface area (Å²) in [6.07, 6.45) is 0.563. The molecule has 2 atom stereocenters. The largest absolute Gasteiger partial charge is 0.352 e. The number of amides is 1. The summed E-state index contributed by atoms with van der Waals surface area (Å²) in [4.78, 5) is 18.8. The second-order valence-corrected chi connectivity index (χ2v) is 6.97. The van der Waals surface area contributed by atoms with Crippen LogP contribution >= 0.6 is 0 Å². The van der Waals surface area contributed by atoms with Crippen molar-refractivity contribution in [1.29, 1.82) is 0 Å². The fourth-order valence-electron chi connectivity index (χ4n) is 3.41. The summed E-state index contributed by atoms with van der Waals surface area (Å²) in [6, 6.07) is 1.34. The van der Waals surface area contributed by atoms with E-state index in [2.05, 4.69) is 20.5 Å². The Morgan fingerprint density at radius 3 is 2.90 bits per heavy atom. The van der Waals surface area contributed by atoms with E-state index < -0.39 is 24.2 Å². The summed E-state index contributed by atoms with van der Waals surface area (Å²) < 4.78 is 42.7. The molecule has 0 unspecified atom stereocenters. The smallest absolute Gasteiger partial charge is 0.284 e. The van der Waals surface area contributed by atoms with Gasteiger partial charge in [0, 0.05) is 32.0 Å². The maximum Gasteiger partial charge on any atom is 0.284 e. The van der Waals surface area contributed by atoms with Crippen LogP contribution in [0.3, 0.4) is 0 Å². The lowest BCUT2D eigenvalue weighted by Crippen LogP contribution is -2.48. The van der Waals surface area contributed by atoms with Gasteiger partial charge in [0.25, 0.3) is 12.3 Å². The van der Waals surface area contributed by atoms with Crippen LogP contribution in [0.4, 0.5) is 24.7 Å². The van der Waals surface area contributed by atoms with Gasteiger partial charge in [0.15, 0.2) is 11.3 Å². The molecule has 3 aromatic rings. The van der Waals surface area contributed by atoms with Crippen LogP contribution in [0.5, 0.6) is 0 Å². The molecule has 1 amide bonds. The Hall–Kier alpha value is -3.15. The van der Waals surface area contributed by atoms with Crippen molar-refractivity contribution in [3.05, 3.63) is 35.9 Å². The molecule has 29 heavy (non-hydrogen) atoms. The average Bonchev–Trinajstić information content (AvgIpc) is 3.23. The number of carbonyl (C=O) groups excluding carboxylic acids is 1. The van der Waals surface area contributed by atoms with Crippen LogP contribution in [0.25, 0.3) is 5.65 Å². The number of hydrogen-bond acceptors (Lipinski definition) is 6. The first-order valence-electron chi connectivity index (χ1n) is 8.94. The van der Waals surface area contributed by atoms with Crippen molar-refractivity contribution in [2.75, 3.05) is 23.3 Å². The fourth-order valence-corrected chi connectivity index (χ4v) is 3.41. The van der Waals surface area contributed by atoms with Gasteiger partial charge in [-0.2, -0.15) is 10.2 Å². The number of alkyl halides is 3. The maximum absolute atomic E-state index is 13.9. The number of hydrogen-bond donors (Lipinski definition) is 2. The Kier molecular flexibility index (Phi) is 4.86. The highest BCUT2D eigenvalue weighted by molar-refractivity contribution is 6.08. The van der Waals surface area contributed by atoms with Crippen molar-refractivity contribution >= 4 is 23.1 Å². The van der Waals surface area contributed by atoms with Crippen molar-refractivity contribution in [3.8, 4) is 0 Å². The van der Waals surface area contributed by atoms with E-state index in [0.29, 0.717) is 12.4 Å². The minimum atomic E-state index is -2.84. The van der Waals surface area contributed by atoms with Gasteiger partial charge in [0.05, 0.1) is 18.4 Å². The van der Waals surface area contributed by atoms with Gasteiger partial charge in [-0.1, -0.05) is 0 Å². The molecule has 1 fully saturated rings. The molecule has 3 aromatic heterocycles. The van der Waals surface area contributed by atoms with E-state index in [9.17, 15) is 18.0 Å². The van der Waals surface area contributed by atoms with E-state index in [1.807, 2.05) is 0 Å². The molecule has 154 valence electrons. The third-order valence-corrected chi connectivity index (χ3v) is 4.67. The molecule has 0 saturated carbocycles. The van der Waals surface area contributed by atoms with Crippen molar-refractivity contribution in [1.82, 2.24) is 24.4 Å². The number of anilines is 2. The van der Waals surface area contributed by atoms with Crippen molar-refractivity contribution < 1.29 is 18.0 Å². The highest BCUT2D eigenvalue weighted by Gasteiger charge is 2.27. The van der Waals surface area contributed by atoms with E-state index in [1.54, 1.807) is 17.2 Å². The van der Waals surface area contributed by atoms with Gasteiger partial charge in [0.2, 0.25) is 0 Å². The van der Waals surface area contributed by atoms with E-state index in [-0.39, 0.29) is 35.9 Å². The molecular weight excluding hydrogens is 389 g/mol. The Bertz CT molecular complexity index is 1040. The molecule has 0 radical (unpaired) electrons. The van der Waals surface area contributed by atoms with Crippen LogP contribution in [0.2, 0.25) is 0 Å². The van der Waals surface area contributed by atoms with Crippen LogP contribution in [-0.2, 0) is 7.05 Å². The molecule has 1 aliphatic rings. The fraction of sp³-hybridized carbons (Fsp3) is 0.412.